The van der Waals surface area contributed by atoms with Crippen molar-refractivity contribution in [3.63, 3.8) is 0 Å². The second-order valence-electron chi connectivity index (χ2n) is 6.51. The number of hydrogen-bond acceptors (Lipinski definition) is 3. The summed E-state index contributed by atoms with van der Waals surface area (Å²) in [6.07, 6.45) is 2.52. The largest absolute Gasteiger partial charge is 0.355 e. The summed E-state index contributed by atoms with van der Waals surface area (Å²) in [7, 11) is 4.01. The zero-order valence-electron chi connectivity index (χ0n) is 16.4. The Kier molecular flexibility index (Phi) is 16.9. The minimum absolute atomic E-state index is 0. The molecule has 0 aliphatic rings. The fourth-order valence-corrected chi connectivity index (χ4v) is 2.54. The lowest BCUT2D eigenvalue weighted by molar-refractivity contribution is 0.178. The van der Waals surface area contributed by atoms with Crippen LogP contribution >= 0.6 is 24.0 Å². The average Bonchev–Trinajstić information content (AvgIpc) is 2.46. The van der Waals surface area contributed by atoms with Crippen LogP contribution in [0.3, 0.4) is 0 Å². The molecule has 0 aliphatic carbocycles. The van der Waals surface area contributed by atoms with Gasteiger partial charge in [-0.1, -0.05) is 13.3 Å². The van der Waals surface area contributed by atoms with Gasteiger partial charge in [0.2, 0.25) is 0 Å². The van der Waals surface area contributed by atoms with Gasteiger partial charge in [-0.15, -0.1) is 24.0 Å². The Labute approximate surface area is 161 Å². The third-order valence-corrected chi connectivity index (χ3v) is 3.89. The number of hydrogen-bond donors (Lipinski definition) is 2. The molecular weight excluding hydrogens is 401 g/mol. The second kappa shape index (κ2) is 15.4. The third-order valence-electron chi connectivity index (χ3n) is 3.89. The first kappa shape index (κ1) is 25.2. The van der Waals surface area contributed by atoms with Gasteiger partial charge in [0.25, 0.3) is 0 Å². The van der Waals surface area contributed by atoms with E-state index in [0.717, 1.165) is 32.1 Å². The highest BCUT2D eigenvalue weighted by molar-refractivity contribution is 14.0. The molecule has 0 amide bonds. The summed E-state index contributed by atoms with van der Waals surface area (Å²) in [5.41, 5.74) is 0. The molecule has 0 aromatic rings. The smallest absolute Gasteiger partial charge is 0.191 e. The molecule has 0 fully saturated rings. The van der Waals surface area contributed by atoms with Crippen molar-refractivity contribution >= 4 is 29.9 Å². The van der Waals surface area contributed by atoms with Gasteiger partial charge in [0.15, 0.2) is 5.96 Å². The molecular formula is C17H40IN5. The van der Waals surface area contributed by atoms with Crippen molar-refractivity contribution in [2.24, 2.45) is 4.99 Å². The monoisotopic (exact) mass is 441 g/mol. The predicted molar refractivity (Wildman–Crippen MR) is 114 cm³/mol. The summed E-state index contributed by atoms with van der Waals surface area (Å²) in [4.78, 5) is 9.14. The van der Waals surface area contributed by atoms with Crippen molar-refractivity contribution < 1.29 is 0 Å². The molecule has 0 unspecified atom stereocenters. The van der Waals surface area contributed by atoms with Gasteiger partial charge in [-0.25, -0.2) is 0 Å². The molecule has 0 saturated heterocycles. The van der Waals surface area contributed by atoms with Crippen LogP contribution in [0.1, 0.15) is 47.5 Å². The van der Waals surface area contributed by atoms with Gasteiger partial charge in [-0.05, 0) is 47.7 Å². The standard InChI is InChI=1S/C17H39N5.HI/c1-8-9-12-21(7)13-10-19-17(18-6)20-11-14-22(15(2)3)16(4)5;/h15-16H,8-14H2,1-7H3,(H2,18,19,20);1H. The van der Waals surface area contributed by atoms with Crippen LogP contribution in [0.5, 0.6) is 0 Å². The van der Waals surface area contributed by atoms with Crippen LogP contribution in [-0.4, -0.2) is 74.7 Å². The zero-order chi connectivity index (χ0) is 17.0. The van der Waals surface area contributed by atoms with E-state index in [1.54, 1.807) is 0 Å². The van der Waals surface area contributed by atoms with Crippen LogP contribution in [0.4, 0.5) is 0 Å². The molecule has 0 heterocycles. The van der Waals surface area contributed by atoms with Gasteiger partial charge < -0.3 is 15.5 Å². The van der Waals surface area contributed by atoms with Gasteiger partial charge in [0.1, 0.15) is 0 Å². The summed E-state index contributed by atoms with van der Waals surface area (Å²) in [6.45, 7) is 16.3. The Balaban J connectivity index is 0. The first-order valence-corrected chi connectivity index (χ1v) is 8.81. The normalized spacial score (nSPS) is 12.2. The van der Waals surface area contributed by atoms with Crippen molar-refractivity contribution in [3.05, 3.63) is 0 Å². The SMILES string of the molecule is CCCCN(C)CCNC(=NC)NCCN(C(C)C)C(C)C.I. The predicted octanol–water partition coefficient (Wildman–Crippen LogP) is 2.62. The molecule has 5 nitrogen and oxygen atoms in total. The molecule has 6 heteroatoms. The van der Waals surface area contributed by atoms with Gasteiger partial charge in [0.05, 0.1) is 0 Å². The second-order valence-corrected chi connectivity index (χ2v) is 6.51. The molecule has 140 valence electrons. The highest BCUT2D eigenvalue weighted by atomic mass is 127. The van der Waals surface area contributed by atoms with Gasteiger partial charge >= 0.3 is 0 Å². The molecule has 0 aromatic carbocycles. The van der Waals surface area contributed by atoms with E-state index in [0.29, 0.717) is 12.1 Å². The van der Waals surface area contributed by atoms with E-state index >= 15 is 0 Å². The Morgan fingerprint density at radius 1 is 0.957 bits per heavy atom. The van der Waals surface area contributed by atoms with E-state index in [1.807, 2.05) is 7.05 Å². The van der Waals surface area contributed by atoms with E-state index in [1.165, 1.54) is 19.4 Å². The summed E-state index contributed by atoms with van der Waals surface area (Å²) in [5, 5.41) is 6.79. The molecule has 23 heavy (non-hydrogen) atoms. The minimum Gasteiger partial charge on any atom is -0.355 e. The molecule has 0 aliphatic heterocycles. The fourth-order valence-electron chi connectivity index (χ4n) is 2.54. The van der Waals surface area contributed by atoms with Crippen LogP contribution in [0, 0.1) is 0 Å². The Hall–Kier alpha value is -0.0800. The molecule has 0 aromatic heterocycles. The van der Waals surface area contributed by atoms with E-state index in [2.05, 4.69) is 67.1 Å². The van der Waals surface area contributed by atoms with E-state index in [4.69, 9.17) is 0 Å². The highest BCUT2D eigenvalue weighted by Crippen LogP contribution is 2.03. The number of rotatable bonds is 11. The van der Waals surface area contributed by atoms with Crippen molar-refractivity contribution in [2.75, 3.05) is 46.8 Å². The zero-order valence-corrected chi connectivity index (χ0v) is 18.7. The number of unbranched alkanes of at least 4 members (excludes halogenated alkanes) is 1. The van der Waals surface area contributed by atoms with E-state index in [-0.39, 0.29) is 24.0 Å². The molecule has 0 atom stereocenters. The summed E-state index contributed by atoms with van der Waals surface area (Å²) < 4.78 is 0. The van der Waals surface area contributed by atoms with E-state index in [9.17, 15) is 0 Å². The summed E-state index contributed by atoms with van der Waals surface area (Å²) in [6, 6.07) is 1.15. The molecule has 0 radical (unpaired) electrons. The molecule has 0 spiro atoms. The lowest BCUT2D eigenvalue weighted by Crippen LogP contribution is -2.46. The molecule has 0 bridgehead atoms. The lowest BCUT2D eigenvalue weighted by atomic mass is 10.2. The first-order chi connectivity index (χ1) is 10.4. The number of nitrogens with one attached hydrogen (secondary N) is 2. The average molecular weight is 441 g/mol. The Morgan fingerprint density at radius 2 is 1.48 bits per heavy atom. The Bertz CT molecular complexity index is 287. The number of aliphatic imine (C=N–C) groups is 1. The van der Waals surface area contributed by atoms with Crippen LogP contribution in [0.15, 0.2) is 4.99 Å². The van der Waals surface area contributed by atoms with Crippen molar-refractivity contribution in [1.82, 2.24) is 20.4 Å². The third kappa shape index (κ3) is 12.9. The number of halogens is 1. The Morgan fingerprint density at radius 3 is 1.91 bits per heavy atom. The quantitative estimate of drug-likeness (QED) is 0.294. The minimum atomic E-state index is 0. The highest BCUT2D eigenvalue weighted by Gasteiger charge is 2.12. The van der Waals surface area contributed by atoms with Gasteiger partial charge in [-0.3, -0.25) is 9.89 Å². The van der Waals surface area contributed by atoms with Gasteiger partial charge in [0, 0.05) is 45.3 Å². The topological polar surface area (TPSA) is 42.9 Å². The molecule has 0 rings (SSSR count). The van der Waals surface area contributed by atoms with Crippen molar-refractivity contribution in [2.45, 2.75) is 59.5 Å². The van der Waals surface area contributed by atoms with Crippen LogP contribution < -0.4 is 10.6 Å². The maximum absolute atomic E-state index is 4.29. The van der Waals surface area contributed by atoms with Crippen LogP contribution in [0.25, 0.3) is 0 Å². The van der Waals surface area contributed by atoms with Crippen molar-refractivity contribution in [1.29, 1.82) is 0 Å². The lowest BCUT2D eigenvalue weighted by Gasteiger charge is -2.30. The van der Waals surface area contributed by atoms with E-state index < -0.39 is 0 Å². The number of likely N-dealkylation sites (N-methyl/N-ethyl adjacent to an activating group) is 1. The maximum Gasteiger partial charge on any atom is 0.191 e. The number of nitrogens with zero attached hydrogens (tertiary/aromatic N) is 3. The fraction of sp³-hybridized carbons (Fsp3) is 0.941. The molecule has 0 saturated carbocycles. The van der Waals surface area contributed by atoms with Crippen LogP contribution in [-0.2, 0) is 0 Å². The van der Waals surface area contributed by atoms with Gasteiger partial charge in [-0.2, -0.15) is 0 Å². The van der Waals surface area contributed by atoms with Crippen LogP contribution in [0.2, 0.25) is 0 Å². The first-order valence-electron chi connectivity index (χ1n) is 8.81. The number of guanidine groups is 1. The maximum atomic E-state index is 4.29. The van der Waals surface area contributed by atoms with Crippen molar-refractivity contribution in [3.8, 4) is 0 Å². The molecule has 2 N–H and O–H groups in total. The summed E-state index contributed by atoms with van der Waals surface area (Å²) >= 11 is 0. The summed E-state index contributed by atoms with van der Waals surface area (Å²) in [5.74, 6) is 0.899.